The summed E-state index contributed by atoms with van der Waals surface area (Å²) in [6.07, 6.45) is 3.95. The lowest BCUT2D eigenvalue weighted by Crippen LogP contribution is -2.08. The van der Waals surface area contributed by atoms with Crippen LogP contribution in [0.15, 0.2) is 41.5 Å². The van der Waals surface area contributed by atoms with Gasteiger partial charge in [-0.1, -0.05) is 49.0 Å². The van der Waals surface area contributed by atoms with Gasteiger partial charge in [-0.3, -0.25) is 9.67 Å². The van der Waals surface area contributed by atoms with Gasteiger partial charge in [-0.2, -0.15) is 5.10 Å². The van der Waals surface area contributed by atoms with Crippen molar-refractivity contribution >= 4 is 22.6 Å². The van der Waals surface area contributed by atoms with Crippen LogP contribution in [0.2, 0.25) is 0 Å². The van der Waals surface area contributed by atoms with Crippen molar-refractivity contribution in [2.45, 2.75) is 25.8 Å². The fraction of sp³-hybridized carbons (Fsp3) is 0.375. The van der Waals surface area contributed by atoms with Gasteiger partial charge in [0.15, 0.2) is 5.17 Å². The molecule has 1 aromatic carbocycles. The van der Waals surface area contributed by atoms with E-state index in [0.29, 0.717) is 6.04 Å². The van der Waals surface area contributed by atoms with Gasteiger partial charge in [0.25, 0.3) is 0 Å². The lowest BCUT2D eigenvalue weighted by atomic mass is 10.1. The number of amidine groups is 1. The quantitative estimate of drug-likeness (QED) is 0.943. The third kappa shape index (κ3) is 3.47. The number of nitrogens with one attached hydrogen (secondary N) is 1. The highest BCUT2D eigenvalue weighted by atomic mass is 32.2. The molecule has 1 aromatic heterocycles. The monoisotopic (exact) mass is 300 g/mol. The van der Waals surface area contributed by atoms with E-state index in [0.717, 1.165) is 35.1 Å². The molecule has 0 amide bonds. The van der Waals surface area contributed by atoms with Crippen LogP contribution < -0.4 is 5.32 Å². The first-order chi connectivity index (χ1) is 10.2. The minimum Gasteiger partial charge on any atom is -0.332 e. The Morgan fingerprint density at radius 1 is 1.33 bits per heavy atom. The van der Waals surface area contributed by atoms with E-state index in [2.05, 4.69) is 47.7 Å². The van der Waals surface area contributed by atoms with E-state index in [1.54, 1.807) is 11.8 Å². The number of nitrogens with zero attached hydrogens (tertiary/aromatic N) is 3. The molecule has 0 bridgehead atoms. The Kier molecular flexibility index (Phi) is 4.29. The molecule has 1 N–H and O–H groups in total. The van der Waals surface area contributed by atoms with E-state index >= 15 is 0 Å². The maximum absolute atomic E-state index is 4.79. The van der Waals surface area contributed by atoms with Gasteiger partial charge in [0.1, 0.15) is 0 Å². The molecule has 0 saturated carbocycles. The lowest BCUT2D eigenvalue weighted by Gasteiger charge is -2.05. The number of aryl methyl sites for hydroxylation is 2. The molecule has 2 aromatic rings. The molecule has 1 aliphatic heterocycles. The summed E-state index contributed by atoms with van der Waals surface area (Å²) in [6.45, 7) is 2.12. The molecule has 0 fully saturated rings. The number of rotatable bonds is 4. The Bertz CT molecular complexity index is 633. The summed E-state index contributed by atoms with van der Waals surface area (Å²) in [5.41, 5.74) is 3.52. The van der Waals surface area contributed by atoms with Gasteiger partial charge in [-0.15, -0.1) is 0 Å². The van der Waals surface area contributed by atoms with Crippen LogP contribution in [0.4, 0.5) is 5.69 Å². The van der Waals surface area contributed by atoms with Crippen molar-refractivity contribution in [3.63, 3.8) is 0 Å². The minimum atomic E-state index is 0.363. The van der Waals surface area contributed by atoms with E-state index in [-0.39, 0.29) is 0 Å². The van der Waals surface area contributed by atoms with Crippen molar-refractivity contribution in [3.05, 3.63) is 47.8 Å². The SMILES string of the molecule is CCc1nn(C)cc1NC1=NC(Cc2ccccc2)CS1. The maximum atomic E-state index is 4.79. The molecular weight excluding hydrogens is 280 g/mol. The van der Waals surface area contributed by atoms with Crippen LogP contribution in [0.3, 0.4) is 0 Å². The molecule has 0 spiro atoms. The predicted molar refractivity (Wildman–Crippen MR) is 90.0 cm³/mol. The molecule has 1 aliphatic rings. The zero-order valence-corrected chi connectivity index (χ0v) is 13.2. The van der Waals surface area contributed by atoms with Crippen molar-refractivity contribution in [1.82, 2.24) is 9.78 Å². The molecule has 0 aliphatic carbocycles. The number of hydrogen-bond donors (Lipinski definition) is 1. The molecule has 5 heteroatoms. The van der Waals surface area contributed by atoms with E-state index in [1.807, 2.05) is 17.9 Å². The van der Waals surface area contributed by atoms with Crippen LogP contribution in [0, 0.1) is 0 Å². The van der Waals surface area contributed by atoms with Crippen LogP contribution in [0.5, 0.6) is 0 Å². The standard InChI is InChI=1S/C16H20N4S/c1-3-14-15(10-20(2)19-14)18-16-17-13(11-21-16)9-12-7-5-4-6-8-12/h4-8,10,13H,3,9,11H2,1-2H3,(H,17,18). The lowest BCUT2D eigenvalue weighted by molar-refractivity contribution is 0.746. The molecule has 4 nitrogen and oxygen atoms in total. The molecule has 0 radical (unpaired) electrons. The maximum Gasteiger partial charge on any atom is 0.161 e. The number of aliphatic imine (C=N–C) groups is 1. The Hall–Kier alpha value is -1.75. The first-order valence-electron chi connectivity index (χ1n) is 7.28. The highest BCUT2D eigenvalue weighted by Gasteiger charge is 2.19. The van der Waals surface area contributed by atoms with Crippen LogP contribution in [-0.2, 0) is 19.9 Å². The highest BCUT2D eigenvalue weighted by Crippen LogP contribution is 2.24. The third-order valence-electron chi connectivity index (χ3n) is 3.51. The van der Waals surface area contributed by atoms with Crippen molar-refractivity contribution in [2.24, 2.45) is 12.0 Å². The van der Waals surface area contributed by atoms with Crippen LogP contribution in [0.25, 0.3) is 0 Å². The summed E-state index contributed by atoms with van der Waals surface area (Å²) in [4.78, 5) is 4.79. The Balaban J connectivity index is 1.66. The summed E-state index contributed by atoms with van der Waals surface area (Å²) in [5, 5.41) is 8.89. The minimum absolute atomic E-state index is 0.363. The van der Waals surface area contributed by atoms with Crippen molar-refractivity contribution in [3.8, 4) is 0 Å². The summed E-state index contributed by atoms with van der Waals surface area (Å²) in [6, 6.07) is 10.9. The molecule has 1 unspecified atom stereocenters. The summed E-state index contributed by atoms with van der Waals surface area (Å²) >= 11 is 1.79. The predicted octanol–water partition coefficient (Wildman–Crippen LogP) is 3.11. The topological polar surface area (TPSA) is 42.2 Å². The zero-order valence-electron chi connectivity index (χ0n) is 12.4. The van der Waals surface area contributed by atoms with E-state index in [9.17, 15) is 0 Å². The second-order valence-electron chi connectivity index (χ2n) is 5.23. The number of anilines is 1. The van der Waals surface area contributed by atoms with Gasteiger partial charge in [0.2, 0.25) is 0 Å². The molecule has 1 atom stereocenters. The summed E-state index contributed by atoms with van der Waals surface area (Å²) in [5.74, 6) is 1.04. The van der Waals surface area contributed by atoms with E-state index < -0.39 is 0 Å². The van der Waals surface area contributed by atoms with E-state index in [4.69, 9.17) is 4.99 Å². The fourth-order valence-corrected chi connectivity index (χ4v) is 3.44. The van der Waals surface area contributed by atoms with Gasteiger partial charge in [0.05, 0.1) is 17.4 Å². The molecule has 0 saturated heterocycles. The Labute approximate surface area is 129 Å². The summed E-state index contributed by atoms with van der Waals surface area (Å²) < 4.78 is 1.85. The van der Waals surface area contributed by atoms with E-state index in [1.165, 1.54) is 5.56 Å². The molecule has 3 rings (SSSR count). The normalized spacial score (nSPS) is 17.8. The average Bonchev–Trinajstić information content (AvgIpc) is 3.07. The number of benzene rings is 1. The Morgan fingerprint density at radius 3 is 2.90 bits per heavy atom. The molecule has 21 heavy (non-hydrogen) atoms. The highest BCUT2D eigenvalue weighted by molar-refractivity contribution is 8.14. The van der Waals surface area contributed by atoms with Gasteiger partial charge in [-0.05, 0) is 18.4 Å². The van der Waals surface area contributed by atoms with Gasteiger partial charge >= 0.3 is 0 Å². The second kappa shape index (κ2) is 6.35. The molecular formula is C16H20N4S. The van der Waals surface area contributed by atoms with Crippen molar-refractivity contribution < 1.29 is 0 Å². The first-order valence-corrected chi connectivity index (χ1v) is 8.27. The van der Waals surface area contributed by atoms with Crippen molar-refractivity contribution in [2.75, 3.05) is 11.1 Å². The van der Waals surface area contributed by atoms with Gasteiger partial charge < -0.3 is 5.32 Å². The molecule has 110 valence electrons. The zero-order chi connectivity index (χ0) is 14.7. The summed E-state index contributed by atoms with van der Waals surface area (Å²) in [7, 11) is 1.95. The number of thioether (sulfide) groups is 1. The second-order valence-corrected chi connectivity index (χ2v) is 6.24. The van der Waals surface area contributed by atoms with Crippen LogP contribution >= 0.6 is 11.8 Å². The number of hydrogen-bond acceptors (Lipinski definition) is 4. The average molecular weight is 300 g/mol. The smallest absolute Gasteiger partial charge is 0.161 e. The van der Waals surface area contributed by atoms with Crippen molar-refractivity contribution in [1.29, 1.82) is 0 Å². The van der Waals surface area contributed by atoms with Gasteiger partial charge in [0, 0.05) is 19.0 Å². The molecule has 2 heterocycles. The largest absolute Gasteiger partial charge is 0.332 e. The van der Waals surface area contributed by atoms with Crippen LogP contribution in [0.1, 0.15) is 18.2 Å². The van der Waals surface area contributed by atoms with Gasteiger partial charge in [-0.25, -0.2) is 0 Å². The number of aromatic nitrogens is 2. The fourth-order valence-electron chi connectivity index (χ4n) is 2.49. The third-order valence-corrected chi connectivity index (χ3v) is 4.54. The first kappa shape index (κ1) is 14.2. The van der Waals surface area contributed by atoms with Crippen LogP contribution in [-0.4, -0.2) is 26.7 Å². The Morgan fingerprint density at radius 2 is 2.14 bits per heavy atom.